The molecule has 0 saturated heterocycles. The van der Waals surface area contributed by atoms with Gasteiger partial charge in [0.1, 0.15) is 0 Å². The van der Waals surface area contributed by atoms with E-state index in [0.717, 1.165) is 33.9 Å². The number of urea groups is 1. The van der Waals surface area contributed by atoms with Crippen molar-refractivity contribution in [1.29, 1.82) is 0 Å². The van der Waals surface area contributed by atoms with Crippen molar-refractivity contribution in [3.8, 4) is 22.5 Å². The second-order valence-corrected chi connectivity index (χ2v) is 6.06. The van der Waals surface area contributed by atoms with E-state index in [9.17, 15) is 4.79 Å². The molecule has 4 aromatic rings. The first kappa shape index (κ1) is 27.2. The van der Waals surface area contributed by atoms with Gasteiger partial charge in [0, 0.05) is 16.9 Å². The summed E-state index contributed by atoms with van der Waals surface area (Å²) in [6, 6.07) is 28.7. The van der Waals surface area contributed by atoms with Gasteiger partial charge in [-0.1, -0.05) is 102 Å². The van der Waals surface area contributed by atoms with Gasteiger partial charge >= 0.3 is 6.03 Å². The number of anilines is 2. The maximum Gasteiger partial charge on any atom is 0.323 e. The fourth-order valence-electron chi connectivity index (χ4n) is 2.77. The van der Waals surface area contributed by atoms with Crippen LogP contribution in [-0.2, 0) is 0 Å². The van der Waals surface area contributed by atoms with E-state index in [2.05, 4.69) is 20.8 Å². The number of nitrogens with zero attached hydrogens (tertiary/aromatic N) is 1. The highest BCUT2D eigenvalue weighted by atomic mass is 16.2. The van der Waals surface area contributed by atoms with Crippen LogP contribution in [0.2, 0.25) is 0 Å². The number of hydrogen-bond acceptors (Lipinski definition) is 2. The maximum absolute atomic E-state index is 12.1. The zero-order chi connectivity index (χ0) is 24.5. The molecule has 0 bridgehead atoms. The molecule has 0 aliphatic carbocycles. The number of carbonyl (C=O) groups excluding carboxylic acids is 1. The third-order valence-corrected chi connectivity index (χ3v) is 4.13. The molecule has 174 valence electrons. The zero-order valence-corrected chi connectivity index (χ0v) is 20.5. The molecule has 3 N–H and O–H groups in total. The predicted octanol–water partition coefficient (Wildman–Crippen LogP) is 8.47. The van der Waals surface area contributed by atoms with Crippen LogP contribution in [0.1, 0.15) is 41.5 Å². The zero-order valence-electron chi connectivity index (χ0n) is 20.5. The van der Waals surface area contributed by atoms with E-state index in [-0.39, 0.29) is 6.03 Å². The average Bonchev–Trinajstić information content (AvgIpc) is 3.40. The number of para-hydroxylation sites is 1. The number of nitrogens with one attached hydrogen (secondary N) is 3. The molecule has 0 saturated carbocycles. The summed E-state index contributed by atoms with van der Waals surface area (Å²) in [4.78, 5) is 12.1. The minimum Gasteiger partial charge on any atom is -0.308 e. The number of carbonyl (C=O) groups is 1. The first-order valence-electron chi connectivity index (χ1n) is 11.6. The fraction of sp³-hybridized carbons (Fsp3) is 0.214. The van der Waals surface area contributed by atoms with E-state index in [1.54, 1.807) is 0 Å². The molecule has 0 unspecified atom stereocenters. The molecule has 1 heterocycles. The summed E-state index contributed by atoms with van der Waals surface area (Å²) in [7, 11) is 0. The third kappa shape index (κ3) is 8.65. The Morgan fingerprint density at radius 2 is 1.12 bits per heavy atom. The average molecular weight is 445 g/mol. The summed E-state index contributed by atoms with van der Waals surface area (Å²) >= 11 is 0. The van der Waals surface area contributed by atoms with Crippen molar-refractivity contribution in [2.45, 2.75) is 41.5 Å². The van der Waals surface area contributed by atoms with Gasteiger partial charge in [-0.3, -0.25) is 5.10 Å². The van der Waals surface area contributed by atoms with E-state index in [1.807, 2.05) is 133 Å². The first-order valence-corrected chi connectivity index (χ1v) is 11.6. The highest BCUT2D eigenvalue weighted by Crippen LogP contribution is 2.24. The minimum atomic E-state index is -0.276. The van der Waals surface area contributed by atoms with E-state index in [4.69, 9.17) is 0 Å². The molecule has 2 amide bonds. The molecular weight excluding hydrogens is 408 g/mol. The van der Waals surface area contributed by atoms with Crippen LogP contribution in [-0.4, -0.2) is 16.2 Å². The number of rotatable bonds is 4. The van der Waals surface area contributed by atoms with Gasteiger partial charge < -0.3 is 10.6 Å². The van der Waals surface area contributed by atoms with Crippen LogP contribution >= 0.6 is 0 Å². The van der Waals surface area contributed by atoms with Crippen molar-refractivity contribution in [1.82, 2.24) is 10.2 Å². The lowest BCUT2D eigenvalue weighted by Gasteiger charge is -2.08. The summed E-state index contributed by atoms with van der Waals surface area (Å²) in [6.45, 7) is 12.0. The lowest BCUT2D eigenvalue weighted by Crippen LogP contribution is -2.19. The van der Waals surface area contributed by atoms with Gasteiger partial charge in [-0.15, -0.1) is 0 Å². The quantitative estimate of drug-likeness (QED) is 0.295. The Bertz CT molecular complexity index is 1030. The third-order valence-electron chi connectivity index (χ3n) is 4.13. The molecule has 0 spiro atoms. The topological polar surface area (TPSA) is 69.8 Å². The van der Waals surface area contributed by atoms with Crippen molar-refractivity contribution in [3.63, 3.8) is 0 Å². The lowest BCUT2D eigenvalue weighted by atomic mass is 10.1. The van der Waals surface area contributed by atoms with Crippen LogP contribution in [0.25, 0.3) is 22.5 Å². The number of H-pyrrole nitrogens is 1. The predicted molar refractivity (Wildman–Crippen MR) is 143 cm³/mol. The molecular formula is C28H36N4O. The second-order valence-electron chi connectivity index (χ2n) is 6.06. The Kier molecular flexibility index (Phi) is 13.1. The lowest BCUT2D eigenvalue weighted by molar-refractivity contribution is 0.262. The van der Waals surface area contributed by atoms with Crippen molar-refractivity contribution in [3.05, 3.63) is 91.0 Å². The van der Waals surface area contributed by atoms with E-state index in [0.29, 0.717) is 0 Å². The summed E-state index contributed by atoms with van der Waals surface area (Å²) in [5, 5.41) is 13.1. The molecule has 0 aliphatic heterocycles. The monoisotopic (exact) mass is 444 g/mol. The summed E-state index contributed by atoms with van der Waals surface area (Å²) in [5.74, 6) is 0. The second kappa shape index (κ2) is 15.9. The number of aromatic nitrogens is 2. The molecule has 3 aromatic carbocycles. The Balaban J connectivity index is 0.000000841. The molecule has 5 heteroatoms. The molecule has 0 radical (unpaired) electrons. The molecule has 4 rings (SSSR count). The van der Waals surface area contributed by atoms with Crippen LogP contribution in [0.15, 0.2) is 91.0 Å². The van der Waals surface area contributed by atoms with Gasteiger partial charge in [-0.25, -0.2) is 4.79 Å². The van der Waals surface area contributed by atoms with Crippen molar-refractivity contribution in [2.75, 3.05) is 10.6 Å². The van der Waals surface area contributed by atoms with Gasteiger partial charge in [0.2, 0.25) is 0 Å². The Morgan fingerprint density at radius 1 is 0.636 bits per heavy atom. The van der Waals surface area contributed by atoms with E-state index in [1.165, 1.54) is 0 Å². The van der Waals surface area contributed by atoms with Gasteiger partial charge in [-0.2, -0.15) is 5.10 Å². The summed E-state index contributed by atoms with van der Waals surface area (Å²) in [6.07, 6.45) is 0. The van der Waals surface area contributed by atoms with Crippen molar-refractivity contribution in [2.24, 2.45) is 0 Å². The van der Waals surface area contributed by atoms with Crippen molar-refractivity contribution < 1.29 is 4.79 Å². The molecule has 5 nitrogen and oxygen atoms in total. The Hall–Kier alpha value is -3.86. The van der Waals surface area contributed by atoms with Crippen LogP contribution in [0.4, 0.5) is 16.2 Å². The molecule has 0 atom stereocenters. The summed E-state index contributed by atoms with van der Waals surface area (Å²) < 4.78 is 0. The first-order chi connectivity index (χ1) is 16.3. The van der Waals surface area contributed by atoms with Crippen LogP contribution in [0, 0.1) is 0 Å². The Morgan fingerprint density at radius 3 is 1.67 bits per heavy atom. The van der Waals surface area contributed by atoms with Crippen LogP contribution in [0.5, 0.6) is 0 Å². The molecule has 1 aromatic heterocycles. The largest absolute Gasteiger partial charge is 0.323 e. The molecule has 33 heavy (non-hydrogen) atoms. The highest BCUT2D eigenvalue weighted by molar-refractivity contribution is 5.99. The normalized spacial score (nSPS) is 9.03. The SMILES string of the molecule is CC.CC.CC.O=C(Nc1ccccc1)Nc1ccc(-c2cc(-c3ccccc3)n[nH]2)cc1. The van der Waals surface area contributed by atoms with Gasteiger partial charge in [-0.05, 0) is 35.9 Å². The van der Waals surface area contributed by atoms with Crippen LogP contribution < -0.4 is 10.6 Å². The van der Waals surface area contributed by atoms with Crippen molar-refractivity contribution >= 4 is 17.4 Å². The number of hydrogen-bond donors (Lipinski definition) is 3. The Labute approximate surface area is 198 Å². The van der Waals surface area contributed by atoms with E-state index >= 15 is 0 Å². The smallest absolute Gasteiger partial charge is 0.308 e. The minimum absolute atomic E-state index is 0.276. The van der Waals surface area contributed by atoms with E-state index < -0.39 is 0 Å². The van der Waals surface area contributed by atoms with Gasteiger partial charge in [0.25, 0.3) is 0 Å². The fourth-order valence-corrected chi connectivity index (χ4v) is 2.77. The standard InChI is InChI=1S/C22H18N4O.3C2H6/c27-22(23-18-9-5-2-6-10-18)24-19-13-11-17(12-14-19)21-15-20(25-26-21)16-7-3-1-4-8-16;3*1-2/h1-15H,(H,25,26)(H2,23,24,27);3*1-2H3. The molecule has 0 aliphatic rings. The van der Waals surface area contributed by atoms with Gasteiger partial charge in [0.05, 0.1) is 11.4 Å². The van der Waals surface area contributed by atoms with Crippen LogP contribution in [0.3, 0.4) is 0 Å². The van der Waals surface area contributed by atoms with Gasteiger partial charge in [0.15, 0.2) is 0 Å². The maximum atomic E-state index is 12.1. The number of aromatic amines is 1. The highest BCUT2D eigenvalue weighted by Gasteiger charge is 2.07. The molecule has 0 fully saturated rings. The number of benzene rings is 3. The summed E-state index contributed by atoms with van der Waals surface area (Å²) in [5.41, 5.74) is 5.35. The number of amides is 2.